The number of unbranched alkanes of at least 4 members (excludes halogenated alkanes) is 2. The van der Waals surface area contributed by atoms with E-state index in [1.54, 1.807) is 0 Å². The minimum atomic E-state index is -0.113. The molecule has 3 heteroatoms. The summed E-state index contributed by atoms with van der Waals surface area (Å²) in [7, 11) is 2.06. The minimum Gasteiger partial charge on any atom is -0.396 e. The average Bonchev–Trinajstić information content (AvgIpc) is 2.95. The molecular weight excluding hydrogens is 178 g/mol. The lowest BCUT2D eigenvalue weighted by molar-refractivity contribution is 0.106. The van der Waals surface area contributed by atoms with E-state index in [0.29, 0.717) is 12.5 Å². The van der Waals surface area contributed by atoms with E-state index in [1.165, 1.54) is 12.8 Å². The average molecular weight is 201 g/mol. The van der Waals surface area contributed by atoms with Crippen LogP contribution >= 0.6 is 0 Å². The first-order valence-corrected chi connectivity index (χ1v) is 5.71. The second kappa shape index (κ2) is 6.38. The Kier molecular flexibility index (Phi) is 5.45. The topological polar surface area (TPSA) is 43.7 Å². The Morgan fingerprint density at radius 1 is 1.29 bits per heavy atom. The van der Waals surface area contributed by atoms with Crippen molar-refractivity contribution in [3.63, 3.8) is 0 Å². The summed E-state index contributed by atoms with van der Waals surface area (Å²) in [4.78, 5) is 2.19. The highest BCUT2D eigenvalue weighted by Crippen LogP contribution is 2.32. The van der Waals surface area contributed by atoms with Crippen LogP contribution in [0, 0.1) is 5.92 Å². The SMILES string of the molecule is CN(CCCCCO)CC(O)C1CC1. The lowest BCUT2D eigenvalue weighted by Gasteiger charge is -2.20. The van der Waals surface area contributed by atoms with Crippen molar-refractivity contribution in [1.29, 1.82) is 0 Å². The number of hydrogen-bond donors (Lipinski definition) is 2. The molecule has 0 radical (unpaired) electrons. The van der Waals surface area contributed by atoms with Gasteiger partial charge in [0.1, 0.15) is 0 Å². The summed E-state index contributed by atoms with van der Waals surface area (Å²) in [5, 5.41) is 18.3. The van der Waals surface area contributed by atoms with E-state index in [4.69, 9.17) is 5.11 Å². The van der Waals surface area contributed by atoms with Gasteiger partial charge >= 0.3 is 0 Å². The van der Waals surface area contributed by atoms with E-state index < -0.39 is 0 Å². The van der Waals surface area contributed by atoms with Crippen molar-refractivity contribution in [2.45, 2.75) is 38.2 Å². The number of aliphatic hydroxyl groups excluding tert-OH is 2. The van der Waals surface area contributed by atoms with E-state index in [9.17, 15) is 5.11 Å². The van der Waals surface area contributed by atoms with Gasteiger partial charge < -0.3 is 15.1 Å². The molecule has 0 heterocycles. The highest BCUT2D eigenvalue weighted by Gasteiger charge is 2.29. The van der Waals surface area contributed by atoms with Crippen molar-refractivity contribution in [1.82, 2.24) is 4.90 Å². The van der Waals surface area contributed by atoms with E-state index in [0.717, 1.165) is 32.4 Å². The lowest BCUT2D eigenvalue weighted by atomic mass is 10.2. The predicted molar refractivity (Wildman–Crippen MR) is 57.2 cm³/mol. The fourth-order valence-corrected chi connectivity index (χ4v) is 1.71. The molecule has 1 atom stereocenters. The first kappa shape index (κ1) is 12.0. The van der Waals surface area contributed by atoms with E-state index >= 15 is 0 Å². The van der Waals surface area contributed by atoms with Crippen LogP contribution < -0.4 is 0 Å². The van der Waals surface area contributed by atoms with Crippen molar-refractivity contribution in [2.75, 3.05) is 26.7 Å². The van der Waals surface area contributed by atoms with Crippen LogP contribution in [0.15, 0.2) is 0 Å². The molecule has 1 rings (SSSR count). The van der Waals surface area contributed by atoms with Crippen molar-refractivity contribution < 1.29 is 10.2 Å². The van der Waals surface area contributed by atoms with E-state index in [1.807, 2.05) is 0 Å². The molecule has 0 aromatic carbocycles. The Balaban J connectivity index is 1.94. The summed E-state index contributed by atoms with van der Waals surface area (Å²) >= 11 is 0. The van der Waals surface area contributed by atoms with Gasteiger partial charge in [-0.15, -0.1) is 0 Å². The zero-order valence-corrected chi connectivity index (χ0v) is 9.15. The Morgan fingerprint density at radius 3 is 2.57 bits per heavy atom. The molecule has 3 nitrogen and oxygen atoms in total. The van der Waals surface area contributed by atoms with Crippen molar-refractivity contribution in [3.8, 4) is 0 Å². The zero-order chi connectivity index (χ0) is 10.4. The molecule has 0 aliphatic heterocycles. The Labute approximate surface area is 86.7 Å². The molecule has 0 aromatic heterocycles. The lowest BCUT2D eigenvalue weighted by Crippen LogP contribution is -2.31. The number of aliphatic hydroxyl groups is 2. The number of rotatable bonds is 8. The first-order chi connectivity index (χ1) is 6.74. The molecule has 0 bridgehead atoms. The van der Waals surface area contributed by atoms with Gasteiger partial charge in [0.25, 0.3) is 0 Å². The molecule has 0 saturated heterocycles. The second-order valence-electron chi connectivity index (χ2n) is 4.45. The van der Waals surface area contributed by atoms with Crippen molar-refractivity contribution in [2.24, 2.45) is 5.92 Å². The summed E-state index contributed by atoms with van der Waals surface area (Å²) < 4.78 is 0. The first-order valence-electron chi connectivity index (χ1n) is 5.71. The molecule has 2 N–H and O–H groups in total. The zero-order valence-electron chi connectivity index (χ0n) is 9.15. The van der Waals surface area contributed by atoms with Gasteiger partial charge in [-0.3, -0.25) is 0 Å². The summed E-state index contributed by atoms with van der Waals surface area (Å²) in [5.41, 5.74) is 0. The molecule has 84 valence electrons. The maximum absolute atomic E-state index is 9.68. The van der Waals surface area contributed by atoms with Crippen LogP contribution in [0.1, 0.15) is 32.1 Å². The maximum Gasteiger partial charge on any atom is 0.0695 e. The molecule has 1 fully saturated rings. The fraction of sp³-hybridized carbons (Fsp3) is 1.00. The van der Waals surface area contributed by atoms with Crippen molar-refractivity contribution >= 4 is 0 Å². The fourth-order valence-electron chi connectivity index (χ4n) is 1.71. The third-order valence-electron chi connectivity index (χ3n) is 2.86. The number of nitrogens with zero attached hydrogens (tertiary/aromatic N) is 1. The van der Waals surface area contributed by atoms with Crippen LogP contribution in [0.3, 0.4) is 0 Å². The van der Waals surface area contributed by atoms with Crippen LogP contribution in [0.4, 0.5) is 0 Å². The highest BCUT2D eigenvalue weighted by atomic mass is 16.3. The van der Waals surface area contributed by atoms with Gasteiger partial charge in [0.05, 0.1) is 6.10 Å². The normalized spacial score (nSPS) is 18.9. The summed E-state index contributed by atoms with van der Waals surface area (Å²) in [6.45, 7) is 2.14. The predicted octanol–water partition coefficient (Wildman–Crippen LogP) is 0.852. The van der Waals surface area contributed by atoms with Gasteiger partial charge in [-0.1, -0.05) is 0 Å². The van der Waals surface area contributed by atoms with E-state index in [-0.39, 0.29) is 6.10 Å². The summed E-state index contributed by atoms with van der Waals surface area (Å²) in [6, 6.07) is 0. The van der Waals surface area contributed by atoms with Crippen LogP contribution in [0.5, 0.6) is 0 Å². The molecular formula is C11H23NO2. The van der Waals surface area contributed by atoms with E-state index in [2.05, 4.69) is 11.9 Å². The monoisotopic (exact) mass is 201 g/mol. The highest BCUT2D eigenvalue weighted by molar-refractivity contribution is 4.82. The van der Waals surface area contributed by atoms with Crippen LogP contribution in [0.25, 0.3) is 0 Å². The largest absolute Gasteiger partial charge is 0.396 e. The van der Waals surface area contributed by atoms with Gasteiger partial charge in [-0.25, -0.2) is 0 Å². The van der Waals surface area contributed by atoms with Gasteiger partial charge in [0.2, 0.25) is 0 Å². The third kappa shape index (κ3) is 4.94. The van der Waals surface area contributed by atoms with Gasteiger partial charge in [0.15, 0.2) is 0 Å². The summed E-state index contributed by atoms with van der Waals surface area (Å²) in [6.07, 6.45) is 5.41. The number of likely N-dealkylation sites (N-methyl/N-ethyl adjacent to an activating group) is 1. The Morgan fingerprint density at radius 2 is 2.00 bits per heavy atom. The standard InChI is InChI=1S/C11H23NO2/c1-12(7-3-2-4-8-13)9-11(14)10-5-6-10/h10-11,13-14H,2-9H2,1H3. The maximum atomic E-state index is 9.68. The minimum absolute atomic E-state index is 0.113. The second-order valence-corrected chi connectivity index (χ2v) is 4.45. The van der Waals surface area contributed by atoms with Gasteiger partial charge in [-0.2, -0.15) is 0 Å². The summed E-state index contributed by atoms with van der Waals surface area (Å²) in [5.74, 6) is 0.579. The Bertz CT molecular complexity index is 148. The molecule has 1 aliphatic rings. The molecule has 0 amide bonds. The van der Waals surface area contributed by atoms with Crippen LogP contribution in [-0.2, 0) is 0 Å². The van der Waals surface area contributed by atoms with Gasteiger partial charge in [0, 0.05) is 13.2 Å². The molecule has 1 saturated carbocycles. The molecule has 0 aromatic rings. The molecule has 14 heavy (non-hydrogen) atoms. The van der Waals surface area contributed by atoms with Crippen molar-refractivity contribution in [3.05, 3.63) is 0 Å². The Hall–Kier alpha value is -0.120. The molecule has 0 spiro atoms. The third-order valence-corrected chi connectivity index (χ3v) is 2.86. The van der Waals surface area contributed by atoms with Crippen LogP contribution in [0.2, 0.25) is 0 Å². The molecule has 1 unspecified atom stereocenters. The number of hydrogen-bond acceptors (Lipinski definition) is 3. The van der Waals surface area contributed by atoms with Crippen LogP contribution in [-0.4, -0.2) is 48.0 Å². The smallest absolute Gasteiger partial charge is 0.0695 e. The van der Waals surface area contributed by atoms with Gasteiger partial charge in [-0.05, 0) is 51.6 Å². The molecule has 1 aliphatic carbocycles. The quantitative estimate of drug-likeness (QED) is 0.572.